The van der Waals surface area contributed by atoms with Crippen molar-refractivity contribution in [3.05, 3.63) is 189 Å². The van der Waals surface area contributed by atoms with Crippen molar-refractivity contribution in [3.63, 3.8) is 0 Å². The van der Waals surface area contributed by atoms with Gasteiger partial charge in [0.25, 0.3) is 0 Å². The van der Waals surface area contributed by atoms with Gasteiger partial charge in [-0.15, -0.1) is 0 Å². The number of allylic oxidation sites excluding steroid dienone is 24. The molecule has 11 rings (SSSR count). The first kappa shape index (κ1) is 36.5. The summed E-state index contributed by atoms with van der Waals surface area (Å²) in [5.74, 6) is 2.97. The fraction of sp³-hybridized carbons (Fsp3) is 0.429. The zero-order chi connectivity index (χ0) is 38.4. The van der Waals surface area contributed by atoms with Crippen LogP contribution in [0.5, 0.6) is 0 Å². The summed E-state index contributed by atoms with van der Waals surface area (Å²) in [5, 5.41) is 0. The van der Waals surface area contributed by atoms with E-state index in [1.807, 2.05) is 0 Å². The molecule has 0 amide bonds. The van der Waals surface area contributed by atoms with Gasteiger partial charge in [0, 0.05) is 35.4 Å². The standard InChI is InChI=1S/C56H61NO/c1-4-13-39(14-5-1)49-32-31-47(37-53(49)41-17-8-3-9-18-41)57(46-30-33-50-44(35-46)24-23-42-19-10-11-20-48(42)50)45-28-25-38(26-29-45)43-27-34-55-54(36-43)52-22-12-21-51(56(52)58-55)40-15-6-2-7-16-40/h2-4,6-8,10,13,15,17,19,21,25,27-29,31-32,34,36,38-40,46-47,54-55H,1,5,9,11-12,14,16,18,20,22-24,26,30,33,35,37H2/t38?,39?,40?,46-,47?,54?,55?/m1/s1. The summed E-state index contributed by atoms with van der Waals surface area (Å²) >= 11 is 0. The van der Waals surface area contributed by atoms with E-state index in [1.165, 1.54) is 98.8 Å². The Bertz CT molecular complexity index is 2230. The van der Waals surface area contributed by atoms with Crippen LogP contribution in [0.4, 0.5) is 0 Å². The van der Waals surface area contributed by atoms with Crippen LogP contribution < -0.4 is 0 Å². The van der Waals surface area contributed by atoms with E-state index in [-0.39, 0.29) is 6.10 Å². The molecule has 0 aromatic carbocycles. The third-order valence-electron chi connectivity index (χ3n) is 15.4. The molecular formula is C56H61NO. The average Bonchev–Trinajstić information content (AvgIpc) is 3.68. The summed E-state index contributed by atoms with van der Waals surface area (Å²) < 4.78 is 6.77. The highest BCUT2D eigenvalue weighted by atomic mass is 16.5. The van der Waals surface area contributed by atoms with E-state index in [2.05, 4.69) is 126 Å². The van der Waals surface area contributed by atoms with Crippen LogP contribution in [0.1, 0.15) is 109 Å². The van der Waals surface area contributed by atoms with Gasteiger partial charge in [-0.3, -0.25) is 0 Å². The van der Waals surface area contributed by atoms with Crippen molar-refractivity contribution in [1.82, 2.24) is 4.90 Å². The number of hydrogen-bond acceptors (Lipinski definition) is 2. The summed E-state index contributed by atoms with van der Waals surface area (Å²) in [6.45, 7) is 0. The minimum atomic E-state index is 0.137. The number of ether oxygens (including phenoxy) is 1. The van der Waals surface area contributed by atoms with E-state index < -0.39 is 0 Å². The minimum Gasteiger partial charge on any atom is -0.485 e. The number of nitrogens with zero attached hydrogens (tertiary/aromatic N) is 1. The molecule has 0 aromatic heterocycles. The average molecular weight is 764 g/mol. The zero-order valence-electron chi connectivity index (χ0n) is 34.5. The molecule has 1 aliphatic heterocycles. The van der Waals surface area contributed by atoms with Gasteiger partial charge in [-0.25, -0.2) is 0 Å². The molecule has 11 aliphatic rings. The van der Waals surface area contributed by atoms with Crippen molar-refractivity contribution in [2.75, 3.05) is 0 Å². The van der Waals surface area contributed by atoms with Crippen LogP contribution in [0, 0.1) is 23.7 Å². The van der Waals surface area contributed by atoms with Crippen LogP contribution >= 0.6 is 0 Å². The molecule has 58 heavy (non-hydrogen) atoms. The molecule has 7 atom stereocenters. The SMILES string of the molecule is C1=CCCC(C2=C(C3C=CCCC3)C=CC(N(C3=CCC(C4=CC5C6=C(OC5C=C4)C(C4C=CC=CC4)=CCC6)C=C3)[C@@H]3CCC4=C(CCC5=C4CCC=C5)C3)C2)=C1. The lowest BCUT2D eigenvalue weighted by molar-refractivity contribution is 0.167. The van der Waals surface area contributed by atoms with Gasteiger partial charge in [0.05, 0.1) is 6.04 Å². The Balaban J connectivity index is 0.885. The van der Waals surface area contributed by atoms with E-state index in [4.69, 9.17) is 4.74 Å². The molecule has 6 unspecified atom stereocenters. The van der Waals surface area contributed by atoms with Crippen LogP contribution in [-0.2, 0) is 4.74 Å². The fourth-order valence-corrected chi connectivity index (χ4v) is 12.5. The lowest BCUT2D eigenvalue weighted by Crippen LogP contribution is -2.44. The third kappa shape index (κ3) is 6.83. The molecule has 0 saturated carbocycles. The minimum absolute atomic E-state index is 0.137. The Morgan fingerprint density at radius 2 is 1.60 bits per heavy atom. The van der Waals surface area contributed by atoms with Gasteiger partial charge in [-0.05, 0) is 171 Å². The molecule has 0 bridgehead atoms. The lowest BCUT2D eigenvalue weighted by atomic mass is 9.73. The molecule has 2 nitrogen and oxygen atoms in total. The van der Waals surface area contributed by atoms with E-state index in [0.717, 1.165) is 38.5 Å². The molecular weight excluding hydrogens is 703 g/mol. The maximum atomic E-state index is 6.77. The van der Waals surface area contributed by atoms with Crippen molar-refractivity contribution in [3.8, 4) is 0 Å². The first-order chi connectivity index (χ1) is 28.7. The molecule has 10 aliphatic carbocycles. The van der Waals surface area contributed by atoms with Crippen molar-refractivity contribution in [2.24, 2.45) is 23.7 Å². The molecule has 1 heterocycles. The van der Waals surface area contributed by atoms with E-state index in [1.54, 1.807) is 39.0 Å². The van der Waals surface area contributed by atoms with Crippen molar-refractivity contribution in [2.45, 2.75) is 127 Å². The summed E-state index contributed by atoms with van der Waals surface area (Å²) in [4.78, 5) is 2.93. The van der Waals surface area contributed by atoms with Gasteiger partial charge < -0.3 is 9.64 Å². The summed E-state index contributed by atoms with van der Waals surface area (Å²) in [7, 11) is 0. The quantitative estimate of drug-likeness (QED) is 0.240. The van der Waals surface area contributed by atoms with E-state index in [0.29, 0.717) is 35.8 Å². The second-order valence-electron chi connectivity index (χ2n) is 18.7. The number of fused-ring (bicyclic) bond motifs is 3. The Morgan fingerprint density at radius 3 is 2.47 bits per heavy atom. The Kier molecular flexibility index (Phi) is 10.0. The first-order valence-electron chi connectivity index (χ1n) is 23.3. The monoisotopic (exact) mass is 763 g/mol. The van der Waals surface area contributed by atoms with E-state index >= 15 is 0 Å². The van der Waals surface area contributed by atoms with Crippen LogP contribution in [-0.4, -0.2) is 23.1 Å². The molecule has 2 heteroatoms. The zero-order valence-corrected chi connectivity index (χ0v) is 34.5. The van der Waals surface area contributed by atoms with Crippen LogP contribution in [0.15, 0.2) is 189 Å². The fourth-order valence-electron chi connectivity index (χ4n) is 12.5. The van der Waals surface area contributed by atoms with Crippen LogP contribution in [0.3, 0.4) is 0 Å². The second kappa shape index (κ2) is 15.9. The lowest BCUT2D eigenvalue weighted by Gasteiger charge is -2.46. The van der Waals surface area contributed by atoms with Gasteiger partial charge in [0.2, 0.25) is 0 Å². The highest BCUT2D eigenvalue weighted by Gasteiger charge is 2.40. The molecule has 0 fully saturated rings. The molecule has 0 radical (unpaired) electrons. The van der Waals surface area contributed by atoms with Gasteiger partial charge in [0.1, 0.15) is 11.9 Å². The Morgan fingerprint density at radius 1 is 0.621 bits per heavy atom. The van der Waals surface area contributed by atoms with Crippen LogP contribution in [0.2, 0.25) is 0 Å². The largest absolute Gasteiger partial charge is 0.485 e. The predicted molar refractivity (Wildman–Crippen MR) is 240 cm³/mol. The second-order valence-corrected chi connectivity index (χ2v) is 18.7. The van der Waals surface area contributed by atoms with Crippen molar-refractivity contribution >= 4 is 0 Å². The number of rotatable bonds is 7. The smallest absolute Gasteiger partial charge is 0.127 e. The summed E-state index contributed by atoms with van der Waals surface area (Å²) in [6.07, 6.45) is 69.2. The molecule has 0 saturated heterocycles. The maximum Gasteiger partial charge on any atom is 0.127 e. The highest BCUT2D eigenvalue weighted by Crippen LogP contribution is 2.49. The van der Waals surface area contributed by atoms with E-state index in [9.17, 15) is 0 Å². The predicted octanol–water partition coefficient (Wildman–Crippen LogP) is 13.9. The van der Waals surface area contributed by atoms with Gasteiger partial charge >= 0.3 is 0 Å². The van der Waals surface area contributed by atoms with Crippen molar-refractivity contribution < 1.29 is 4.74 Å². The van der Waals surface area contributed by atoms with Crippen LogP contribution in [0.25, 0.3) is 0 Å². The van der Waals surface area contributed by atoms with Crippen molar-refractivity contribution in [1.29, 1.82) is 0 Å². The Hall–Kier alpha value is -4.56. The highest BCUT2D eigenvalue weighted by molar-refractivity contribution is 5.52. The summed E-state index contributed by atoms with van der Waals surface area (Å²) in [5.41, 5.74) is 17.6. The Labute approximate surface area is 348 Å². The normalized spacial score (nSPS) is 33.6. The third-order valence-corrected chi connectivity index (χ3v) is 15.4. The molecule has 0 aromatic rings. The molecule has 296 valence electrons. The van der Waals surface area contributed by atoms with Gasteiger partial charge in [-0.1, -0.05) is 115 Å². The number of hydrogen-bond donors (Lipinski definition) is 0. The first-order valence-corrected chi connectivity index (χ1v) is 23.3. The maximum absolute atomic E-state index is 6.77. The topological polar surface area (TPSA) is 12.5 Å². The summed E-state index contributed by atoms with van der Waals surface area (Å²) in [6, 6.07) is 0.894. The molecule has 0 spiro atoms. The molecule has 0 N–H and O–H groups in total. The van der Waals surface area contributed by atoms with Gasteiger partial charge in [-0.2, -0.15) is 0 Å². The van der Waals surface area contributed by atoms with Gasteiger partial charge in [0.15, 0.2) is 0 Å².